The lowest BCUT2D eigenvalue weighted by Crippen LogP contribution is -2.01. The van der Waals surface area contributed by atoms with Crippen molar-refractivity contribution in [3.63, 3.8) is 0 Å². The lowest BCUT2D eigenvalue weighted by atomic mass is 10.0. The maximum absolute atomic E-state index is 5.22. The Morgan fingerprint density at radius 1 is 0.291 bits per heavy atom. The van der Waals surface area contributed by atoms with E-state index in [1.807, 2.05) is 30.3 Å². The van der Waals surface area contributed by atoms with Gasteiger partial charge in [0.25, 0.3) is 0 Å². The summed E-state index contributed by atoms with van der Waals surface area (Å²) < 4.78 is 2.22. The van der Waals surface area contributed by atoms with Crippen LogP contribution >= 0.6 is 11.3 Å². The van der Waals surface area contributed by atoms with E-state index in [-0.39, 0.29) is 0 Å². The molecular weight excluding hydrogens is 691 g/mol. The maximum atomic E-state index is 5.22. The van der Waals surface area contributed by atoms with Gasteiger partial charge in [-0.2, -0.15) is 0 Å². The summed E-state index contributed by atoms with van der Waals surface area (Å²) in [4.78, 5) is 25.8. The van der Waals surface area contributed by atoms with Crippen molar-refractivity contribution in [1.29, 1.82) is 0 Å². The molecule has 0 atom stereocenters. The minimum atomic E-state index is 0.585. The molecule has 0 radical (unpaired) electrons. The summed E-state index contributed by atoms with van der Waals surface area (Å²) in [5.74, 6) is 2.49. The Kier molecular flexibility index (Phi) is 8.28. The summed E-state index contributed by atoms with van der Waals surface area (Å²) in [6.07, 6.45) is 0. The molecule has 0 unspecified atom stereocenters. The Morgan fingerprint density at radius 3 is 1.24 bits per heavy atom. The van der Waals surface area contributed by atoms with E-state index in [4.69, 9.17) is 24.9 Å². The second kappa shape index (κ2) is 14.0. The summed E-state index contributed by atoms with van der Waals surface area (Å²) in [5.41, 5.74) is 10.9. The monoisotopic (exact) mass is 721 g/mol. The number of thiophene rings is 1. The van der Waals surface area contributed by atoms with E-state index >= 15 is 0 Å². The number of hydrogen-bond donors (Lipinski definition) is 0. The molecule has 0 aliphatic heterocycles. The molecule has 3 heterocycles. The van der Waals surface area contributed by atoms with Gasteiger partial charge in [-0.25, -0.2) is 24.9 Å². The number of benzene rings is 7. The largest absolute Gasteiger partial charge is 0.226 e. The Balaban J connectivity index is 1.15. The highest BCUT2D eigenvalue weighted by atomic mass is 32.1. The molecule has 0 fully saturated rings. The molecule has 7 aromatic carbocycles. The Morgan fingerprint density at radius 2 is 0.691 bits per heavy atom. The van der Waals surface area contributed by atoms with Crippen molar-refractivity contribution in [3.8, 4) is 79.1 Å². The van der Waals surface area contributed by atoms with Gasteiger partial charge in [0.2, 0.25) is 0 Å². The summed E-state index contributed by atoms with van der Waals surface area (Å²) in [5, 5.41) is 1.13. The van der Waals surface area contributed by atoms with E-state index in [1.165, 1.54) is 4.70 Å². The van der Waals surface area contributed by atoms with Crippen LogP contribution in [0.1, 0.15) is 0 Å². The van der Waals surface area contributed by atoms with E-state index in [2.05, 4.69) is 158 Å². The van der Waals surface area contributed by atoms with Crippen LogP contribution in [0.2, 0.25) is 0 Å². The van der Waals surface area contributed by atoms with Gasteiger partial charge >= 0.3 is 0 Å². The first-order valence-corrected chi connectivity index (χ1v) is 19.0. The molecule has 0 aliphatic rings. The van der Waals surface area contributed by atoms with Crippen LogP contribution in [0.25, 0.3) is 99.4 Å². The van der Waals surface area contributed by atoms with Gasteiger partial charge in [-0.1, -0.05) is 164 Å². The third-order valence-electron chi connectivity index (χ3n) is 9.74. The average molecular weight is 722 g/mol. The predicted molar refractivity (Wildman–Crippen MR) is 226 cm³/mol. The van der Waals surface area contributed by atoms with E-state index in [1.54, 1.807) is 11.3 Å². The number of hydrogen-bond acceptors (Lipinski definition) is 6. The van der Waals surface area contributed by atoms with Gasteiger partial charge < -0.3 is 0 Å². The first-order chi connectivity index (χ1) is 27.2. The Bertz CT molecular complexity index is 2880. The van der Waals surface area contributed by atoms with Crippen LogP contribution in [0.5, 0.6) is 0 Å². The lowest BCUT2D eigenvalue weighted by Gasteiger charge is -2.12. The van der Waals surface area contributed by atoms with E-state index in [0.717, 1.165) is 71.4 Å². The van der Waals surface area contributed by atoms with Crippen molar-refractivity contribution >= 4 is 31.6 Å². The SMILES string of the molecule is c1ccc(-c2cccc(-c3nc(-c4cccc(-c5ccccc5)c4)nc(-c4cccc(-c5nc(-c6ccccc6)nc6c5sc5ccccc56)c4)n3)c2)cc1. The zero-order valence-electron chi connectivity index (χ0n) is 29.5. The fraction of sp³-hybridized carbons (Fsp3) is 0. The third-order valence-corrected chi connectivity index (χ3v) is 10.9. The van der Waals surface area contributed by atoms with Crippen LogP contribution in [-0.2, 0) is 0 Å². The summed E-state index contributed by atoms with van der Waals surface area (Å²) >= 11 is 1.72. The highest BCUT2D eigenvalue weighted by Gasteiger charge is 2.19. The Hall–Kier alpha value is -7.15. The predicted octanol–water partition coefficient (Wildman–Crippen LogP) is 12.7. The van der Waals surface area contributed by atoms with E-state index in [9.17, 15) is 0 Å². The fourth-order valence-electron chi connectivity index (χ4n) is 7.01. The first-order valence-electron chi connectivity index (χ1n) is 18.2. The van der Waals surface area contributed by atoms with Gasteiger partial charge in [0.05, 0.1) is 15.9 Å². The Labute approximate surface area is 322 Å². The molecule has 3 aromatic heterocycles. The zero-order chi connectivity index (χ0) is 36.6. The van der Waals surface area contributed by atoms with Crippen LogP contribution in [-0.4, -0.2) is 24.9 Å². The number of rotatable bonds is 7. The van der Waals surface area contributed by atoms with Crippen molar-refractivity contribution in [2.45, 2.75) is 0 Å². The van der Waals surface area contributed by atoms with Crippen LogP contribution in [0.4, 0.5) is 0 Å². The smallest absolute Gasteiger partial charge is 0.164 e. The molecular formula is C49H31N5S. The summed E-state index contributed by atoms with van der Waals surface area (Å²) in [6.45, 7) is 0. The molecule has 5 nitrogen and oxygen atoms in total. The lowest BCUT2D eigenvalue weighted by molar-refractivity contribution is 1.07. The zero-order valence-corrected chi connectivity index (χ0v) is 30.4. The molecule has 258 valence electrons. The quantitative estimate of drug-likeness (QED) is 0.164. The normalized spacial score (nSPS) is 11.3. The topological polar surface area (TPSA) is 64.5 Å². The molecule has 10 rings (SSSR count). The van der Waals surface area contributed by atoms with Gasteiger partial charge in [-0.05, 0) is 46.5 Å². The third kappa shape index (κ3) is 6.35. The second-order valence-corrected chi connectivity index (χ2v) is 14.4. The van der Waals surface area contributed by atoms with Crippen molar-refractivity contribution in [2.24, 2.45) is 0 Å². The number of nitrogens with zero attached hydrogens (tertiary/aromatic N) is 5. The van der Waals surface area contributed by atoms with Gasteiger partial charge in [0, 0.05) is 37.9 Å². The van der Waals surface area contributed by atoms with Crippen molar-refractivity contribution in [2.75, 3.05) is 0 Å². The van der Waals surface area contributed by atoms with E-state index in [0.29, 0.717) is 23.3 Å². The molecule has 0 saturated carbocycles. The highest BCUT2D eigenvalue weighted by molar-refractivity contribution is 7.26. The maximum Gasteiger partial charge on any atom is 0.164 e. The van der Waals surface area contributed by atoms with Crippen LogP contribution in [0.3, 0.4) is 0 Å². The molecule has 55 heavy (non-hydrogen) atoms. The van der Waals surface area contributed by atoms with Crippen molar-refractivity contribution < 1.29 is 0 Å². The van der Waals surface area contributed by atoms with Gasteiger partial charge in [-0.3, -0.25) is 0 Å². The molecule has 0 N–H and O–H groups in total. The van der Waals surface area contributed by atoms with Crippen molar-refractivity contribution in [1.82, 2.24) is 24.9 Å². The molecule has 0 spiro atoms. The number of aromatic nitrogens is 5. The van der Waals surface area contributed by atoms with Gasteiger partial charge in [-0.15, -0.1) is 11.3 Å². The minimum Gasteiger partial charge on any atom is -0.226 e. The first kappa shape index (κ1) is 32.5. The average Bonchev–Trinajstić information content (AvgIpc) is 3.66. The van der Waals surface area contributed by atoms with Crippen molar-refractivity contribution in [3.05, 3.63) is 188 Å². The number of fused-ring (bicyclic) bond motifs is 3. The van der Waals surface area contributed by atoms with Gasteiger partial charge in [0.15, 0.2) is 23.3 Å². The minimum absolute atomic E-state index is 0.585. The van der Waals surface area contributed by atoms with Crippen LogP contribution in [0.15, 0.2) is 188 Å². The molecule has 0 aliphatic carbocycles. The van der Waals surface area contributed by atoms with E-state index < -0.39 is 0 Å². The molecule has 0 bridgehead atoms. The summed E-state index contributed by atoms with van der Waals surface area (Å²) in [6, 6.07) is 64.6. The fourth-order valence-corrected chi connectivity index (χ4v) is 8.16. The molecule has 0 saturated heterocycles. The van der Waals surface area contributed by atoms with Crippen LogP contribution < -0.4 is 0 Å². The summed E-state index contributed by atoms with van der Waals surface area (Å²) in [7, 11) is 0. The molecule has 10 aromatic rings. The van der Waals surface area contributed by atoms with Gasteiger partial charge in [0.1, 0.15) is 0 Å². The molecule has 0 amide bonds. The van der Waals surface area contributed by atoms with Crippen LogP contribution in [0, 0.1) is 0 Å². The highest BCUT2D eigenvalue weighted by Crippen LogP contribution is 2.40. The molecule has 6 heteroatoms. The second-order valence-electron chi connectivity index (χ2n) is 13.3. The standard InChI is InChI=1S/C49H31N5S/c1-4-15-32(16-5-1)35-21-12-24-38(29-35)47-52-48(39-25-13-22-36(30-39)33-17-6-2-7-18-33)54-49(53-47)40-26-14-23-37(31-40)43-45-44(41-27-10-11-28-42(41)55-45)51-46(50-43)34-19-8-3-9-20-34/h1-31H.